The minimum atomic E-state index is -1.51. The number of hydrogen-bond donors (Lipinski definition) is 2. The third-order valence-corrected chi connectivity index (χ3v) is 4.50. The van der Waals surface area contributed by atoms with Gasteiger partial charge in [0.15, 0.2) is 0 Å². The summed E-state index contributed by atoms with van der Waals surface area (Å²) in [4.78, 5) is 12.3. The van der Waals surface area contributed by atoms with Gasteiger partial charge in [-0.15, -0.1) is 0 Å². The molecule has 0 aliphatic rings. The van der Waals surface area contributed by atoms with Crippen molar-refractivity contribution in [2.75, 3.05) is 11.9 Å². The molecule has 0 aromatic heterocycles. The number of amides is 1. The molecule has 2 N–H and O–H groups in total. The maximum Gasteiger partial charge on any atom is 0.255 e. The zero-order valence-corrected chi connectivity index (χ0v) is 15.9. The van der Waals surface area contributed by atoms with Gasteiger partial charge in [-0.3, -0.25) is 9.52 Å². The predicted octanol–water partition coefficient (Wildman–Crippen LogP) is 4.64. The van der Waals surface area contributed by atoms with E-state index in [0.717, 1.165) is 0 Å². The van der Waals surface area contributed by atoms with Gasteiger partial charge in [-0.25, -0.2) is 4.39 Å². The lowest BCUT2D eigenvalue weighted by atomic mass is 9.98. The Bertz CT molecular complexity index is 797. The third-order valence-electron chi connectivity index (χ3n) is 3.72. The Labute approximate surface area is 157 Å². The number of alkyl halides is 1. The molecule has 0 heterocycles. The summed E-state index contributed by atoms with van der Waals surface area (Å²) in [6.45, 7) is 5.80. The van der Waals surface area contributed by atoms with Crippen molar-refractivity contribution in [2.45, 2.75) is 31.7 Å². The van der Waals surface area contributed by atoms with Crippen LogP contribution >= 0.6 is 11.9 Å². The fraction of sp³-hybridized carbons (Fsp3) is 0.300. The molecule has 0 fully saturated rings. The minimum absolute atomic E-state index is 0.197. The van der Waals surface area contributed by atoms with E-state index in [9.17, 15) is 9.18 Å². The van der Waals surface area contributed by atoms with E-state index in [1.807, 2.05) is 19.9 Å². The topological polar surface area (TPSA) is 64.9 Å². The summed E-state index contributed by atoms with van der Waals surface area (Å²) >= 11 is 1.50. The zero-order chi connectivity index (χ0) is 19.2. The van der Waals surface area contributed by atoms with Crippen LogP contribution in [0.2, 0.25) is 0 Å². The summed E-state index contributed by atoms with van der Waals surface area (Å²) in [5.74, 6) is -0.312. The number of nitrogens with zero attached hydrogens (tertiary/aromatic N) is 1. The lowest BCUT2D eigenvalue weighted by Gasteiger charge is -2.22. The standard InChI is InChI=1S/C20H22FN3OS/c1-14(2)26-23-13-20(3,21)17-7-9-18(10-8-17)24-19(25)16-6-4-5-15(11-16)12-22/h4-11,14,23H,13H2,1-3H3,(H,24,25). The van der Waals surface area contributed by atoms with Crippen LogP contribution in [0.4, 0.5) is 10.1 Å². The Morgan fingerprint density at radius 2 is 1.96 bits per heavy atom. The molecule has 0 spiro atoms. The lowest BCUT2D eigenvalue weighted by molar-refractivity contribution is 0.102. The zero-order valence-electron chi connectivity index (χ0n) is 15.0. The first-order chi connectivity index (χ1) is 12.3. The van der Waals surface area contributed by atoms with Crippen molar-refractivity contribution < 1.29 is 9.18 Å². The van der Waals surface area contributed by atoms with E-state index in [-0.39, 0.29) is 12.5 Å². The second kappa shape index (κ2) is 8.84. The van der Waals surface area contributed by atoms with Crippen molar-refractivity contribution >= 4 is 23.5 Å². The SMILES string of the molecule is CC(C)SNCC(C)(F)c1ccc(NC(=O)c2cccc(C#N)c2)cc1. The van der Waals surface area contributed by atoms with Crippen LogP contribution in [0.25, 0.3) is 0 Å². The van der Waals surface area contributed by atoms with Gasteiger partial charge >= 0.3 is 0 Å². The fourth-order valence-corrected chi connectivity index (χ4v) is 2.97. The van der Waals surface area contributed by atoms with Gasteiger partial charge < -0.3 is 5.32 Å². The maximum absolute atomic E-state index is 14.8. The first kappa shape index (κ1) is 20.0. The molecule has 0 saturated carbocycles. The number of halogens is 1. The van der Waals surface area contributed by atoms with Crippen LogP contribution in [0.15, 0.2) is 48.5 Å². The second-order valence-electron chi connectivity index (χ2n) is 6.41. The summed E-state index contributed by atoms with van der Waals surface area (Å²) in [5, 5.41) is 12.0. The predicted molar refractivity (Wildman–Crippen MR) is 105 cm³/mol. The van der Waals surface area contributed by atoms with Crippen molar-refractivity contribution in [2.24, 2.45) is 0 Å². The number of nitriles is 1. The second-order valence-corrected chi connectivity index (χ2v) is 7.88. The van der Waals surface area contributed by atoms with E-state index in [4.69, 9.17) is 5.26 Å². The smallest absolute Gasteiger partial charge is 0.255 e. The molecule has 4 nitrogen and oxygen atoms in total. The largest absolute Gasteiger partial charge is 0.322 e. The highest BCUT2D eigenvalue weighted by Gasteiger charge is 2.25. The molecule has 2 aromatic rings. The van der Waals surface area contributed by atoms with Crippen LogP contribution in [-0.4, -0.2) is 17.7 Å². The van der Waals surface area contributed by atoms with Crippen LogP contribution in [0.1, 0.15) is 42.3 Å². The van der Waals surface area contributed by atoms with E-state index >= 15 is 0 Å². The number of carbonyl (C=O) groups is 1. The van der Waals surface area contributed by atoms with Crippen LogP contribution < -0.4 is 10.0 Å². The molecule has 2 aromatic carbocycles. The number of carbonyl (C=O) groups excluding carboxylic acids is 1. The molecule has 0 aliphatic heterocycles. The highest BCUT2D eigenvalue weighted by atomic mass is 32.2. The van der Waals surface area contributed by atoms with E-state index in [2.05, 4.69) is 10.0 Å². The average Bonchev–Trinajstić information content (AvgIpc) is 2.61. The van der Waals surface area contributed by atoms with Crippen molar-refractivity contribution in [3.8, 4) is 6.07 Å². The Hall–Kier alpha value is -2.36. The van der Waals surface area contributed by atoms with Gasteiger partial charge in [-0.1, -0.05) is 44.0 Å². The molecule has 136 valence electrons. The van der Waals surface area contributed by atoms with E-state index in [0.29, 0.717) is 27.6 Å². The number of benzene rings is 2. The Kier molecular flexibility index (Phi) is 6.78. The molecule has 1 amide bonds. The number of anilines is 1. The van der Waals surface area contributed by atoms with Crippen LogP contribution in [-0.2, 0) is 5.67 Å². The average molecular weight is 371 g/mol. The molecule has 0 bridgehead atoms. The van der Waals surface area contributed by atoms with E-state index < -0.39 is 5.67 Å². The van der Waals surface area contributed by atoms with Gasteiger partial charge in [0.05, 0.1) is 11.6 Å². The lowest BCUT2D eigenvalue weighted by Crippen LogP contribution is -2.29. The van der Waals surface area contributed by atoms with E-state index in [1.54, 1.807) is 42.5 Å². The van der Waals surface area contributed by atoms with Gasteiger partial charge in [0, 0.05) is 23.0 Å². The number of nitrogens with one attached hydrogen (secondary N) is 2. The highest BCUT2D eigenvalue weighted by molar-refractivity contribution is 7.97. The van der Waals surface area contributed by atoms with Gasteiger partial charge in [-0.05, 0) is 42.8 Å². The van der Waals surface area contributed by atoms with Gasteiger partial charge in [0.25, 0.3) is 5.91 Å². The van der Waals surface area contributed by atoms with E-state index in [1.165, 1.54) is 24.9 Å². The number of rotatable bonds is 7. The first-order valence-electron chi connectivity index (χ1n) is 8.31. The Morgan fingerprint density at radius 1 is 1.27 bits per heavy atom. The highest BCUT2D eigenvalue weighted by Crippen LogP contribution is 2.27. The number of hydrogen-bond acceptors (Lipinski definition) is 4. The normalized spacial score (nSPS) is 13.1. The molecule has 2 rings (SSSR count). The van der Waals surface area contributed by atoms with Crippen LogP contribution in [0.3, 0.4) is 0 Å². The molecule has 0 saturated heterocycles. The molecule has 0 aliphatic carbocycles. The summed E-state index contributed by atoms with van der Waals surface area (Å²) in [7, 11) is 0. The van der Waals surface area contributed by atoms with Gasteiger partial charge in [-0.2, -0.15) is 5.26 Å². The summed E-state index contributed by atoms with van der Waals surface area (Å²) in [6, 6.07) is 15.2. The first-order valence-corrected chi connectivity index (χ1v) is 9.19. The molecule has 6 heteroatoms. The van der Waals surface area contributed by atoms with Crippen molar-refractivity contribution in [3.63, 3.8) is 0 Å². The molecular formula is C20H22FN3OS. The third kappa shape index (κ3) is 5.58. The monoisotopic (exact) mass is 371 g/mol. The molecular weight excluding hydrogens is 349 g/mol. The maximum atomic E-state index is 14.8. The van der Waals surface area contributed by atoms with Crippen molar-refractivity contribution in [1.29, 1.82) is 5.26 Å². The van der Waals surface area contributed by atoms with Crippen LogP contribution in [0, 0.1) is 11.3 Å². The quantitative estimate of drug-likeness (QED) is 0.696. The van der Waals surface area contributed by atoms with Crippen molar-refractivity contribution in [3.05, 3.63) is 65.2 Å². The molecule has 1 unspecified atom stereocenters. The molecule has 26 heavy (non-hydrogen) atoms. The molecule has 0 radical (unpaired) electrons. The fourth-order valence-electron chi connectivity index (χ4n) is 2.28. The van der Waals surface area contributed by atoms with Crippen molar-refractivity contribution in [1.82, 2.24) is 4.72 Å². The summed E-state index contributed by atoms with van der Waals surface area (Å²) in [5.41, 5.74) is 0.428. The van der Waals surface area contributed by atoms with Crippen LogP contribution in [0.5, 0.6) is 0 Å². The van der Waals surface area contributed by atoms with Gasteiger partial charge in [0.2, 0.25) is 0 Å². The Balaban J connectivity index is 2.02. The summed E-state index contributed by atoms with van der Waals surface area (Å²) in [6.07, 6.45) is 0. The minimum Gasteiger partial charge on any atom is -0.322 e. The summed E-state index contributed by atoms with van der Waals surface area (Å²) < 4.78 is 17.9. The Morgan fingerprint density at radius 3 is 2.58 bits per heavy atom. The van der Waals surface area contributed by atoms with Gasteiger partial charge in [0.1, 0.15) is 5.67 Å². The molecule has 1 atom stereocenters.